The number of allylic oxidation sites excluding steroid dienone is 18. The standard InChI is InChI=1S/C72H122O6/c1-4-7-10-13-16-19-22-25-28-31-33-34-35-36-37-38-39-42-44-47-50-53-56-59-62-65-71(74)77-68-69(67-76-70(73)64-61-58-55-52-49-46-43-40-30-27-24-21-18-15-12-9-6-3)78-72(75)66-63-60-57-54-51-48-45-41-32-29-26-23-20-17-14-11-8-5-2/h7,10,16,19,25,27-30,32-34,36-37,39,42,47,50,69H,4-6,8-9,11-15,17-18,20-24,26,31,35,38,40-41,43-46,48-49,51-68H2,1-3H3/b10-7-,19-16-,28-25-,30-27-,32-29-,34-33-,37-36-,42-39-,50-47-. The average molecular weight is 1080 g/mol. The minimum absolute atomic E-state index is 0.0928. The van der Waals surface area contributed by atoms with E-state index in [0.717, 1.165) is 109 Å². The lowest BCUT2D eigenvalue weighted by Crippen LogP contribution is -2.30. The van der Waals surface area contributed by atoms with Crippen molar-refractivity contribution in [2.45, 2.75) is 316 Å². The third-order valence-corrected chi connectivity index (χ3v) is 14.0. The monoisotopic (exact) mass is 1080 g/mol. The van der Waals surface area contributed by atoms with Crippen LogP contribution in [0, 0.1) is 0 Å². The molecule has 0 rings (SSSR count). The lowest BCUT2D eigenvalue weighted by molar-refractivity contribution is -0.167. The van der Waals surface area contributed by atoms with Crippen LogP contribution in [0.25, 0.3) is 0 Å². The van der Waals surface area contributed by atoms with Crippen LogP contribution in [0.3, 0.4) is 0 Å². The number of hydrogen-bond acceptors (Lipinski definition) is 6. The van der Waals surface area contributed by atoms with Crippen LogP contribution in [-0.4, -0.2) is 37.2 Å². The van der Waals surface area contributed by atoms with Crippen molar-refractivity contribution in [3.8, 4) is 0 Å². The van der Waals surface area contributed by atoms with E-state index in [1.807, 2.05) is 0 Å². The molecule has 1 unspecified atom stereocenters. The van der Waals surface area contributed by atoms with Crippen molar-refractivity contribution >= 4 is 17.9 Å². The summed E-state index contributed by atoms with van der Waals surface area (Å²) in [6.07, 6.45) is 89.5. The van der Waals surface area contributed by atoms with Gasteiger partial charge < -0.3 is 14.2 Å². The van der Waals surface area contributed by atoms with Gasteiger partial charge in [0.15, 0.2) is 6.10 Å². The summed E-state index contributed by atoms with van der Waals surface area (Å²) in [5.41, 5.74) is 0. The Labute approximate surface area is 482 Å². The molecular formula is C72H122O6. The first kappa shape index (κ1) is 74.1. The van der Waals surface area contributed by atoms with Crippen molar-refractivity contribution in [3.63, 3.8) is 0 Å². The zero-order valence-electron chi connectivity index (χ0n) is 51.2. The van der Waals surface area contributed by atoms with Crippen LogP contribution in [-0.2, 0) is 28.6 Å². The summed E-state index contributed by atoms with van der Waals surface area (Å²) < 4.78 is 16.9. The Morgan fingerprint density at radius 2 is 0.500 bits per heavy atom. The molecule has 1 atom stereocenters. The number of ether oxygens (including phenoxy) is 3. The summed E-state index contributed by atoms with van der Waals surface area (Å²) in [5, 5.41) is 0. The molecule has 0 fully saturated rings. The molecule has 0 aromatic heterocycles. The molecular weight excluding hydrogens is 961 g/mol. The summed E-state index contributed by atoms with van der Waals surface area (Å²) in [6, 6.07) is 0. The maximum Gasteiger partial charge on any atom is 0.306 e. The molecule has 0 aliphatic rings. The molecule has 0 spiro atoms. The van der Waals surface area contributed by atoms with Gasteiger partial charge in [-0.3, -0.25) is 14.4 Å². The Kier molecular flexibility index (Phi) is 62.3. The molecule has 6 heteroatoms. The molecule has 0 saturated carbocycles. The van der Waals surface area contributed by atoms with Crippen molar-refractivity contribution < 1.29 is 28.6 Å². The molecule has 0 bridgehead atoms. The molecule has 0 aliphatic heterocycles. The van der Waals surface area contributed by atoms with Crippen LogP contribution >= 0.6 is 0 Å². The molecule has 0 radical (unpaired) electrons. The maximum absolute atomic E-state index is 12.9. The third kappa shape index (κ3) is 62.9. The van der Waals surface area contributed by atoms with E-state index < -0.39 is 6.10 Å². The second-order valence-corrected chi connectivity index (χ2v) is 21.6. The summed E-state index contributed by atoms with van der Waals surface area (Å²) in [5.74, 6) is -0.926. The number of unbranched alkanes of at least 4 members (excludes halogenated alkanes) is 30. The highest BCUT2D eigenvalue weighted by Gasteiger charge is 2.19. The summed E-state index contributed by atoms with van der Waals surface area (Å²) in [6.45, 7) is 6.51. The SMILES string of the molecule is CC/C=C\C/C=C\C/C=C\C/C=C\C/C=C\C/C=C\C/C=C\CCCCCC(=O)OCC(COC(=O)CCCCCCCCC/C=C\CCCCCCCC)OC(=O)CCCCCCCCC/C=C\CCCCCCCCC. The second-order valence-electron chi connectivity index (χ2n) is 21.6. The number of hydrogen-bond donors (Lipinski definition) is 0. The van der Waals surface area contributed by atoms with Crippen LogP contribution in [0.1, 0.15) is 310 Å². The van der Waals surface area contributed by atoms with Gasteiger partial charge in [-0.25, -0.2) is 0 Å². The van der Waals surface area contributed by atoms with Gasteiger partial charge >= 0.3 is 17.9 Å². The lowest BCUT2D eigenvalue weighted by Gasteiger charge is -2.18. The highest BCUT2D eigenvalue weighted by Crippen LogP contribution is 2.15. The minimum atomic E-state index is -0.799. The van der Waals surface area contributed by atoms with E-state index in [0.29, 0.717) is 19.3 Å². The fourth-order valence-corrected chi connectivity index (χ4v) is 9.06. The minimum Gasteiger partial charge on any atom is -0.462 e. The van der Waals surface area contributed by atoms with E-state index in [2.05, 4.69) is 130 Å². The van der Waals surface area contributed by atoms with Gasteiger partial charge in [-0.2, -0.15) is 0 Å². The zero-order valence-corrected chi connectivity index (χ0v) is 51.2. The fourth-order valence-electron chi connectivity index (χ4n) is 9.06. The fraction of sp³-hybridized carbons (Fsp3) is 0.708. The van der Waals surface area contributed by atoms with Gasteiger partial charge in [0.1, 0.15) is 13.2 Å². The topological polar surface area (TPSA) is 78.9 Å². The van der Waals surface area contributed by atoms with Crippen LogP contribution in [0.15, 0.2) is 109 Å². The quantitative estimate of drug-likeness (QED) is 0.0261. The normalized spacial score (nSPS) is 12.8. The Morgan fingerprint density at radius 3 is 0.808 bits per heavy atom. The molecule has 78 heavy (non-hydrogen) atoms. The van der Waals surface area contributed by atoms with Gasteiger partial charge in [0.05, 0.1) is 0 Å². The number of carbonyl (C=O) groups is 3. The lowest BCUT2D eigenvalue weighted by atomic mass is 10.1. The van der Waals surface area contributed by atoms with Crippen LogP contribution in [0.2, 0.25) is 0 Å². The largest absolute Gasteiger partial charge is 0.462 e. The van der Waals surface area contributed by atoms with Gasteiger partial charge in [-0.15, -0.1) is 0 Å². The number of carbonyl (C=O) groups excluding carboxylic acids is 3. The second kappa shape index (κ2) is 65.6. The first-order chi connectivity index (χ1) is 38.5. The highest BCUT2D eigenvalue weighted by atomic mass is 16.6. The van der Waals surface area contributed by atoms with Crippen molar-refractivity contribution in [1.29, 1.82) is 0 Å². The van der Waals surface area contributed by atoms with E-state index in [9.17, 15) is 14.4 Å². The molecule has 0 aromatic rings. The van der Waals surface area contributed by atoms with Gasteiger partial charge in [-0.1, -0.05) is 271 Å². The van der Waals surface area contributed by atoms with E-state index in [4.69, 9.17) is 14.2 Å². The van der Waals surface area contributed by atoms with E-state index >= 15 is 0 Å². The predicted molar refractivity (Wildman–Crippen MR) is 339 cm³/mol. The molecule has 0 N–H and O–H groups in total. The van der Waals surface area contributed by atoms with Crippen molar-refractivity contribution in [2.75, 3.05) is 13.2 Å². The Morgan fingerprint density at radius 1 is 0.269 bits per heavy atom. The molecule has 6 nitrogen and oxygen atoms in total. The summed E-state index contributed by atoms with van der Waals surface area (Å²) in [4.78, 5) is 38.4. The van der Waals surface area contributed by atoms with Gasteiger partial charge in [0.25, 0.3) is 0 Å². The van der Waals surface area contributed by atoms with Crippen LogP contribution in [0.5, 0.6) is 0 Å². The zero-order chi connectivity index (χ0) is 56.4. The molecule has 446 valence electrons. The molecule has 0 saturated heterocycles. The average Bonchev–Trinajstić information content (AvgIpc) is 3.44. The van der Waals surface area contributed by atoms with Crippen molar-refractivity contribution in [2.24, 2.45) is 0 Å². The Balaban J connectivity index is 4.45. The number of esters is 3. The van der Waals surface area contributed by atoms with Crippen molar-refractivity contribution in [3.05, 3.63) is 109 Å². The van der Waals surface area contributed by atoms with Gasteiger partial charge in [-0.05, 0) is 128 Å². The summed E-state index contributed by atoms with van der Waals surface area (Å²) >= 11 is 0. The van der Waals surface area contributed by atoms with E-state index in [1.54, 1.807) is 0 Å². The van der Waals surface area contributed by atoms with Crippen LogP contribution in [0.4, 0.5) is 0 Å². The molecule has 0 amide bonds. The first-order valence-corrected chi connectivity index (χ1v) is 32.9. The highest BCUT2D eigenvalue weighted by molar-refractivity contribution is 5.71. The third-order valence-electron chi connectivity index (χ3n) is 14.0. The maximum atomic E-state index is 12.9. The first-order valence-electron chi connectivity index (χ1n) is 32.9. The number of rotatable bonds is 59. The van der Waals surface area contributed by atoms with Crippen molar-refractivity contribution in [1.82, 2.24) is 0 Å². The Bertz CT molecular complexity index is 1570. The molecule has 0 aromatic carbocycles. The van der Waals surface area contributed by atoms with E-state index in [-0.39, 0.29) is 31.1 Å². The van der Waals surface area contributed by atoms with E-state index in [1.165, 1.54) is 161 Å². The van der Waals surface area contributed by atoms with Gasteiger partial charge in [0, 0.05) is 19.3 Å². The van der Waals surface area contributed by atoms with Crippen LogP contribution < -0.4 is 0 Å². The molecule has 0 aliphatic carbocycles. The Hall–Kier alpha value is -3.93. The predicted octanol–water partition coefficient (Wildman–Crippen LogP) is 22.6. The molecule has 0 heterocycles. The summed E-state index contributed by atoms with van der Waals surface area (Å²) in [7, 11) is 0. The van der Waals surface area contributed by atoms with Gasteiger partial charge in [0.2, 0.25) is 0 Å². The smallest absolute Gasteiger partial charge is 0.306 e.